The van der Waals surface area contributed by atoms with Gasteiger partial charge in [-0.1, -0.05) is 18.2 Å². The highest BCUT2D eigenvalue weighted by Gasteiger charge is 2.13. The summed E-state index contributed by atoms with van der Waals surface area (Å²) in [6.45, 7) is 3.62. The number of ether oxygens (including phenoxy) is 1. The first-order valence-corrected chi connectivity index (χ1v) is 6.91. The lowest BCUT2D eigenvalue weighted by atomic mass is 10.1. The van der Waals surface area contributed by atoms with E-state index in [2.05, 4.69) is 16.3 Å². The number of esters is 1. The number of nitrogens with one attached hydrogen (secondary N) is 1. The van der Waals surface area contributed by atoms with Gasteiger partial charge in [0, 0.05) is 18.3 Å². The molecule has 118 valence electrons. The monoisotopic (exact) mass is 302 g/mol. The highest BCUT2D eigenvalue weighted by Crippen LogP contribution is 2.10. The highest BCUT2D eigenvalue weighted by molar-refractivity contribution is 5.75. The Kier molecular flexibility index (Phi) is 7.50. The minimum absolute atomic E-state index is 0.195. The lowest BCUT2D eigenvalue weighted by molar-refractivity contribution is -0.142. The van der Waals surface area contributed by atoms with Crippen LogP contribution in [-0.4, -0.2) is 29.2 Å². The van der Waals surface area contributed by atoms with E-state index in [1.54, 1.807) is 24.3 Å². The van der Waals surface area contributed by atoms with E-state index in [0.29, 0.717) is 6.42 Å². The fraction of sp³-hybridized carbons (Fsp3) is 0.235. The molecule has 0 saturated carbocycles. The van der Waals surface area contributed by atoms with E-state index in [0.717, 1.165) is 12.0 Å². The van der Waals surface area contributed by atoms with Crippen molar-refractivity contribution in [2.24, 2.45) is 5.73 Å². The van der Waals surface area contributed by atoms with Gasteiger partial charge in [0.25, 0.3) is 0 Å². The van der Waals surface area contributed by atoms with Gasteiger partial charge in [0.15, 0.2) is 0 Å². The summed E-state index contributed by atoms with van der Waals surface area (Å²) in [7, 11) is 1.30. The molecule has 2 rings (SSSR count). The van der Waals surface area contributed by atoms with Gasteiger partial charge in [0.05, 0.1) is 7.11 Å². The van der Waals surface area contributed by atoms with Gasteiger partial charge in [0.2, 0.25) is 0 Å². The Hall–Kier alpha value is -2.53. The van der Waals surface area contributed by atoms with Gasteiger partial charge in [-0.05, 0) is 36.2 Å². The Labute approximate surface area is 130 Å². The Morgan fingerprint density at radius 1 is 1.41 bits per heavy atom. The van der Waals surface area contributed by atoms with Crippen LogP contribution >= 0.6 is 0 Å². The van der Waals surface area contributed by atoms with Gasteiger partial charge in [-0.2, -0.15) is 0 Å². The number of methoxy groups -OCH3 is 1. The number of rotatable bonds is 5. The number of phenolic OH excluding ortho intramolecular Hbond substituents is 1. The lowest BCUT2D eigenvalue weighted by Gasteiger charge is -2.08. The van der Waals surface area contributed by atoms with Crippen LogP contribution in [0, 0.1) is 0 Å². The fourth-order valence-corrected chi connectivity index (χ4v) is 1.77. The van der Waals surface area contributed by atoms with Gasteiger partial charge in [-0.25, -0.2) is 0 Å². The van der Waals surface area contributed by atoms with Crippen molar-refractivity contribution in [1.82, 2.24) is 4.98 Å². The predicted octanol–water partition coefficient (Wildman–Crippen LogP) is 2.18. The molecule has 5 nitrogen and oxygen atoms in total. The lowest BCUT2D eigenvalue weighted by Crippen LogP contribution is -2.33. The second-order valence-electron chi connectivity index (χ2n) is 4.69. The molecule has 1 heterocycles. The van der Waals surface area contributed by atoms with Crippen molar-refractivity contribution in [2.45, 2.75) is 18.9 Å². The van der Waals surface area contributed by atoms with Gasteiger partial charge < -0.3 is 20.6 Å². The average Bonchev–Trinajstić information content (AvgIpc) is 3.03. The topological polar surface area (TPSA) is 88.3 Å². The maximum atomic E-state index is 11.0. The molecule has 0 spiro atoms. The van der Waals surface area contributed by atoms with Gasteiger partial charge >= 0.3 is 5.97 Å². The highest BCUT2D eigenvalue weighted by atomic mass is 16.5. The molecule has 1 unspecified atom stereocenters. The maximum Gasteiger partial charge on any atom is 0.322 e. The molecular formula is C17H22N2O3. The summed E-state index contributed by atoms with van der Waals surface area (Å²) in [5, 5.41) is 9.02. The Morgan fingerprint density at radius 2 is 2.09 bits per heavy atom. The molecule has 4 N–H and O–H groups in total. The van der Waals surface area contributed by atoms with Crippen LogP contribution in [-0.2, 0) is 22.4 Å². The number of hydrogen-bond acceptors (Lipinski definition) is 4. The van der Waals surface area contributed by atoms with Crippen LogP contribution in [0.15, 0.2) is 55.3 Å². The van der Waals surface area contributed by atoms with Crippen molar-refractivity contribution in [3.8, 4) is 5.75 Å². The number of benzene rings is 1. The van der Waals surface area contributed by atoms with Crippen molar-refractivity contribution in [3.63, 3.8) is 0 Å². The number of aromatic amines is 1. The van der Waals surface area contributed by atoms with Crippen molar-refractivity contribution in [1.29, 1.82) is 0 Å². The van der Waals surface area contributed by atoms with E-state index in [1.165, 1.54) is 12.8 Å². The second-order valence-corrected chi connectivity index (χ2v) is 4.69. The minimum atomic E-state index is -0.649. The molecule has 1 aromatic heterocycles. The van der Waals surface area contributed by atoms with Crippen molar-refractivity contribution in [2.75, 3.05) is 7.11 Å². The predicted molar refractivity (Wildman–Crippen MR) is 86.5 cm³/mol. The summed E-state index contributed by atoms with van der Waals surface area (Å²) in [6, 6.07) is 9.93. The summed E-state index contributed by atoms with van der Waals surface area (Å²) in [4.78, 5) is 14.1. The van der Waals surface area contributed by atoms with Crippen molar-refractivity contribution >= 4 is 5.97 Å². The number of aromatic nitrogens is 1. The number of carbonyl (C=O) groups excluding carboxylic acids is 1. The van der Waals surface area contributed by atoms with E-state index in [9.17, 15) is 4.79 Å². The number of phenols is 1. The molecule has 0 saturated heterocycles. The van der Waals surface area contributed by atoms with Gasteiger partial charge in [-0.3, -0.25) is 4.79 Å². The molecule has 0 aliphatic heterocycles. The van der Waals surface area contributed by atoms with Crippen molar-refractivity contribution in [3.05, 3.63) is 66.5 Å². The third-order valence-electron chi connectivity index (χ3n) is 2.92. The van der Waals surface area contributed by atoms with Crippen LogP contribution in [0.3, 0.4) is 0 Å². The maximum absolute atomic E-state index is 11.0. The third kappa shape index (κ3) is 6.28. The van der Waals surface area contributed by atoms with E-state index in [-0.39, 0.29) is 5.75 Å². The molecule has 22 heavy (non-hydrogen) atoms. The molecule has 0 aliphatic rings. The normalized spacial score (nSPS) is 11.0. The first-order chi connectivity index (χ1) is 10.6. The number of hydrogen-bond donors (Lipinski definition) is 3. The zero-order valence-corrected chi connectivity index (χ0v) is 12.7. The standard InChI is InChI=1S/C10H13NO3.C7H9N/c1-14-10(13)9(11)6-7-2-4-8(12)5-3-7;1-2-4-7-5-3-6-8-7/h2-5,9,12H,6,11H2,1H3;2-3,5-6,8H,1,4H2. The summed E-state index contributed by atoms with van der Waals surface area (Å²) >= 11 is 0. The van der Waals surface area contributed by atoms with Gasteiger partial charge in [0.1, 0.15) is 11.8 Å². The van der Waals surface area contributed by atoms with E-state index in [4.69, 9.17) is 10.8 Å². The number of H-pyrrole nitrogens is 1. The van der Waals surface area contributed by atoms with E-state index in [1.807, 2.05) is 24.4 Å². The molecule has 1 atom stereocenters. The minimum Gasteiger partial charge on any atom is -0.508 e. The number of allylic oxidation sites excluding steroid dienone is 1. The van der Waals surface area contributed by atoms with Crippen LogP contribution in [0.25, 0.3) is 0 Å². The molecule has 0 radical (unpaired) electrons. The Morgan fingerprint density at radius 3 is 2.59 bits per heavy atom. The molecule has 1 aromatic carbocycles. The summed E-state index contributed by atoms with van der Waals surface area (Å²) in [5.41, 5.74) is 7.67. The van der Waals surface area contributed by atoms with Crippen LogP contribution in [0.1, 0.15) is 11.3 Å². The Balaban J connectivity index is 0.000000255. The van der Waals surface area contributed by atoms with Crippen LogP contribution in [0.5, 0.6) is 5.75 Å². The molecule has 0 aliphatic carbocycles. The number of nitrogens with two attached hydrogens (primary N) is 1. The van der Waals surface area contributed by atoms with Crippen molar-refractivity contribution < 1.29 is 14.6 Å². The average molecular weight is 302 g/mol. The van der Waals surface area contributed by atoms with Crippen LogP contribution < -0.4 is 5.73 Å². The smallest absolute Gasteiger partial charge is 0.322 e. The first-order valence-electron chi connectivity index (χ1n) is 6.91. The van der Waals surface area contributed by atoms with Crippen LogP contribution in [0.4, 0.5) is 0 Å². The molecule has 0 fully saturated rings. The summed E-state index contributed by atoms with van der Waals surface area (Å²) < 4.78 is 4.49. The second kappa shape index (κ2) is 9.41. The largest absolute Gasteiger partial charge is 0.508 e. The molecule has 0 bridgehead atoms. The summed E-state index contributed by atoms with van der Waals surface area (Å²) in [6.07, 6.45) is 5.14. The molecule has 5 heteroatoms. The quantitative estimate of drug-likeness (QED) is 0.583. The number of aromatic hydroxyl groups is 1. The summed E-state index contributed by atoms with van der Waals surface area (Å²) in [5.74, 6) is -0.238. The zero-order chi connectivity index (χ0) is 16.4. The molecule has 2 aromatic rings. The SMILES string of the molecule is C=CCc1ccc[nH]1.COC(=O)C(N)Cc1ccc(O)cc1. The first kappa shape index (κ1) is 17.5. The van der Waals surface area contributed by atoms with E-state index < -0.39 is 12.0 Å². The fourth-order valence-electron chi connectivity index (χ4n) is 1.77. The van der Waals surface area contributed by atoms with E-state index >= 15 is 0 Å². The number of carbonyl (C=O) groups is 1. The molecular weight excluding hydrogens is 280 g/mol. The molecule has 0 amide bonds. The van der Waals surface area contributed by atoms with Crippen LogP contribution in [0.2, 0.25) is 0 Å². The third-order valence-corrected chi connectivity index (χ3v) is 2.92. The van der Waals surface area contributed by atoms with Gasteiger partial charge in [-0.15, -0.1) is 6.58 Å². The zero-order valence-electron chi connectivity index (χ0n) is 12.7. The Bertz CT molecular complexity index is 562.